The van der Waals surface area contributed by atoms with Gasteiger partial charge >= 0.3 is 0 Å². The molecular weight excluding hydrogens is 328 g/mol. The van der Waals surface area contributed by atoms with Gasteiger partial charge in [-0.3, -0.25) is 0 Å². The van der Waals surface area contributed by atoms with Gasteiger partial charge in [-0.15, -0.1) is 0 Å². The van der Waals surface area contributed by atoms with Gasteiger partial charge in [0, 0.05) is 24.0 Å². The number of aryl methyl sites for hydroxylation is 1. The van der Waals surface area contributed by atoms with E-state index in [1.54, 1.807) is 14.2 Å². The number of anilines is 1. The molecule has 0 radical (unpaired) electrons. The lowest BCUT2D eigenvalue weighted by molar-refractivity contribution is 0.356. The Morgan fingerprint density at radius 3 is 2.50 bits per heavy atom. The average molecular weight is 352 g/mol. The maximum absolute atomic E-state index is 5.76. The van der Waals surface area contributed by atoms with Crippen LogP contribution in [0.2, 0.25) is 0 Å². The molecule has 0 amide bonds. The number of ether oxygens (including phenoxy) is 2. The van der Waals surface area contributed by atoms with Crippen LogP contribution in [0, 0.1) is 6.92 Å². The van der Waals surface area contributed by atoms with Crippen LogP contribution in [-0.4, -0.2) is 24.2 Å². The molecule has 0 aliphatic heterocycles. The van der Waals surface area contributed by atoms with Crippen molar-refractivity contribution < 1.29 is 9.47 Å². The van der Waals surface area contributed by atoms with Crippen molar-refractivity contribution >= 4 is 16.7 Å². The van der Waals surface area contributed by atoms with Crippen molar-refractivity contribution in [1.29, 1.82) is 0 Å². The minimum Gasteiger partial charge on any atom is -0.493 e. The van der Waals surface area contributed by atoms with Crippen molar-refractivity contribution in [2.24, 2.45) is 5.73 Å². The Kier molecular flexibility index (Phi) is 5.23. The normalized spacial score (nSPS) is 12.0. The smallest absolute Gasteiger partial charge is 0.162 e. The summed E-state index contributed by atoms with van der Waals surface area (Å²) in [5.41, 5.74) is 8.82. The summed E-state index contributed by atoms with van der Waals surface area (Å²) in [6.45, 7) is 4.49. The van der Waals surface area contributed by atoms with E-state index in [1.807, 2.05) is 31.2 Å². The third-order valence-electron chi connectivity index (χ3n) is 4.35. The van der Waals surface area contributed by atoms with Crippen LogP contribution in [0.25, 0.3) is 10.9 Å². The Morgan fingerprint density at radius 1 is 1.08 bits per heavy atom. The molecule has 0 spiro atoms. The van der Waals surface area contributed by atoms with Crippen LogP contribution in [-0.2, 0) is 6.54 Å². The molecule has 0 aliphatic rings. The number of hydrogen-bond donors (Lipinski definition) is 2. The molecule has 1 atom stereocenters. The zero-order valence-corrected chi connectivity index (χ0v) is 15.5. The van der Waals surface area contributed by atoms with Gasteiger partial charge in [-0.05, 0) is 31.0 Å². The molecule has 3 rings (SSSR count). The van der Waals surface area contributed by atoms with Gasteiger partial charge in [-0.2, -0.15) is 0 Å². The first-order valence-electron chi connectivity index (χ1n) is 8.51. The van der Waals surface area contributed by atoms with Gasteiger partial charge in [0.1, 0.15) is 11.6 Å². The first kappa shape index (κ1) is 17.9. The van der Waals surface area contributed by atoms with E-state index in [-0.39, 0.29) is 6.04 Å². The molecular formula is C20H24N4O2. The lowest BCUT2D eigenvalue weighted by Crippen LogP contribution is -2.10. The van der Waals surface area contributed by atoms with E-state index in [2.05, 4.69) is 34.3 Å². The summed E-state index contributed by atoms with van der Waals surface area (Å²) in [6.07, 6.45) is 0. The van der Waals surface area contributed by atoms with Gasteiger partial charge < -0.3 is 20.5 Å². The summed E-state index contributed by atoms with van der Waals surface area (Å²) >= 11 is 0. The van der Waals surface area contributed by atoms with Crippen LogP contribution >= 0.6 is 0 Å². The SMILES string of the molecule is COc1cc2nc(C)nc(N[C@H](C)c3cccc(CN)c3)c2cc1OC. The number of hydrogen-bond acceptors (Lipinski definition) is 6. The van der Waals surface area contributed by atoms with Crippen molar-refractivity contribution in [3.05, 3.63) is 53.3 Å². The Hall–Kier alpha value is -2.86. The molecule has 0 unspecified atom stereocenters. The number of nitrogens with zero attached hydrogens (tertiary/aromatic N) is 2. The first-order valence-corrected chi connectivity index (χ1v) is 8.51. The third kappa shape index (κ3) is 3.55. The van der Waals surface area contributed by atoms with Gasteiger partial charge in [-0.25, -0.2) is 9.97 Å². The van der Waals surface area contributed by atoms with Gasteiger partial charge in [0.15, 0.2) is 11.5 Å². The number of methoxy groups -OCH3 is 2. The second-order valence-corrected chi connectivity index (χ2v) is 6.16. The highest BCUT2D eigenvalue weighted by Gasteiger charge is 2.14. The minimum atomic E-state index is 0.0621. The van der Waals surface area contributed by atoms with Crippen LogP contribution in [0.4, 0.5) is 5.82 Å². The highest BCUT2D eigenvalue weighted by atomic mass is 16.5. The molecule has 6 heteroatoms. The molecule has 1 aromatic heterocycles. The molecule has 0 aliphatic carbocycles. The van der Waals surface area contributed by atoms with Crippen molar-refractivity contribution in [2.75, 3.05) is 19.5 Å². The summed E-state index contributed by atoms with van der Waals surface area (Å²) in [4.78, 5) is 9.12. The van der Waals surface area contributed by atoms with E-state index >= 15 is 0 Å². The van der Waals surface area contributed by atoms with E-state index < -0.39 is 0 Å². The molecule has 2 aromatic carbocycles. The highest BCUT2D eigenvalue weighted by molar-refractivity contribution is 5.92. The number of aromatic nitrogens is 2. The maximum atomic E-state index is 5.76. The molecule has 136 valence electrons. The molecule has 3 N–H and O–H groups in total. The fourth-order valence-corrected chi connectivity index (χ4v) is 2.96. The van der Waals surface area contributed by atoms with E-state index in [1.165, 1.54) is 0 Å². The van der Waals surface area contributed by atoms with E-state index in [9.17, 15) is 0 Å². The predicted octanol–water partition coefficient (Wildman–Crippen LogP) is 3.59. The second-order valence-electron chi connectivity index (χ2n) is 6.16. The quantitative estimate of drug-likeness (QED) is 0.705. The monoisotopic (exact) mass is 352 g/mol. The minimum absolute atomic E-state index is 0.0621. The van der Waals surface area contributed by atoms with Gasteiger partial charge in [0.2, 0.25) is 0 Å². The van der Waals surface area contributed by atoms with Crippen LogP contribution < -0.4 is 20.5 Å². The molecule has 6 nitrogen and oxygen atoms in total. The van der Waals surface area contributed by atoms with Crippen LogP contribution in [0.3, 0.4) is 0 Å². The zero-order valence-electron chi connectivity index (χ0n) is 15.5. The van der Waals surface area contributed by atoms with Crippen molar-refractivity contribution in [3.8, 4) is 11.5 Å². The van der Waals surface area contributed by atoms with E-state index in [4.69, 9.17) is 15.2 Å². The van der Waals surface area contributed by atoms with Crippen LogP contribution in [0.5, 0.6) is 11.5 Å². The Labute approximate surface area is 153 Å². The Balaban J connectivity index is 2.03. The number of fused-ring (bicyclic) bond motifs is 1. The van der Waals surface area contributed by atoms with E-state index in [0.29, 0.717) is 23.9 Å². The fourth-order valence-electron chi connectivity index (χ4n) is 2.96. The number of nitrogens with one attached hydrogen (secondary N) is 1. The second kappa shape index (κ2) is 7.58. The standard InChI is InChI=1S/C20H24N4O2/c1-12(15-7-5-6-14(8-15)11-21)22-20-16-9-18(25-3)19(26-4)10-17(16)23-13(2)24-20/h5-10,12H,11,21H2,1-4H3,(H,22,23,24)/t12-/m1/s1. The summed E-state index contributed by atoms with van der Waals surface area (Å²) in [5.74, 6) is 2.75. The van der Waals surface area contributed by atoms with Crippen LogP contribution in [0.1, 0.15) is 29.9 Å². The molecule has 0 saturated heterocycles. The van der Waals surface area contributed by atoms with Crippen molar-refractivity contribution in [2.45, 2.75) is 26.4 Å². The first-order chi connectivity index (χ1) is 12.5. The largest absolute Gasteiger partial charge is 0.493 e. The summed E-state index contributed by atoms with van der Waals surface area (Å²) in [7, 11) is 3.23. The maximum Gasteiger partial charge on any atom is 0.162 e. The summed E-state index contributed by atoms with van der Waals surface area (Å²) < 4.78 is 10.8. The zero-order chi connectivity index (χ0) is 18.7. The van der Waals surface area contributed by atoms with Crippen molar-refractivity contribution in [1.82, 2.24) is 9.97 Å². The number of benzene rings is 2. The third-order valence-corrected chi connectivity index (χ3v) is 4.35. The molecule has 1 heterocycles. The summed E-state index contributed by atoms with van der Waals surface area (Å²) in [6, 6.07) is 12.1. The molecule has 0 bridgehead atoms. The topological polar surface area (TPSA) is 82.3 Å². The van der Waals surface area contributed by atoms with Gasteiger partial charge in [0.25, 0.3) is 0 Å². The molecule has 26 heavy (non-hydrogen) atoms. The summed E-state index contributed by atoms with van der Waals surface area (Å²) in [5, 5.41) is 4.38. The lowest BCUT2D eigenvalue weighted by Gasteiger charge is -2.18. The molecule has 0 fully saturated rings. The van der Waals surface area contributed by atoms with Gasteiger partial charge in [-0.1, -0.05) is 24.3 Å². The Bertz CT molecular complexity index is 927. The lowest BCUT2D eigenvalue weighted by atomic mass is 10.0. The Morgan fingerprint density at radius 2 is 1.81 bits per heavy atom. The van der Waals surface area contributed by atoms with Crippen molar-refractivity contribution in [3.63, 3.8) is 0 Å². The molecule has 3 aromatic rings. The fraction of sp³-hybridized carbons (Fsp3) is 0.300. The van der Waals surface area contributed by atoms with Crippen LogP contribution in [0.15, 0.2) is 36.4 Å². The number of rotatable bonds is 6. The molecule has 0 saturated carbocycles. The predicted molar refractivity (Wildman–Crippen MR) is 104 cm³/mol. The average Bonchev–Trinajstić information content (AvgIpc) is 2.66. The van der Waals surface area contributed by atoms with Gasteiger partial charge in [0.05, 0.1) is 19.7 Å². The number of nitrogens with two attached hydrogens (primary N) is 1. The highest BCUT2D eigenvalue weighted by Crippen LogP contribution is 2.35. The van der Waals surface area contributed by atoms with E-state index in [0.717, 1.165) is 27.8 Å².